The van der Waals surface area contributed by atoms with Gasteiger partial charge in [-0.2, -0.15) is 0 Å². The van der Waals surface area contributed by atoms with Gasteiger partial charge in [0.25, 0.3) is 0 Å². The normalized spacial score (nSPS) is 15.0. The standard InChI is InChI=1S/2C16H13.2ClH.Hf/c2*1-12-9-10-14(11-12)16-8-4-6-13-5-2-3-7-15(13)16;;;/h2*2-8,11H,10H2,1H3;2*1H;/q;;;;+2/p-2. The van der Waals surface area contributed by atoms with Crippen LogP contribution >= 0.6 is 0 Å². The largest absolute Gasteiger partial charge is 1.00 e. The summed E-state index contributed by atoms with van der Waals surface area (Å²) < 4.78 is 3.53. The molecule has 0 nitrogen and oxygen atoms in total. The van der Waals surface area contributed by atoms with Crippen molar-refractivity contribution in [2.45, 2.75) is 26.7 Å². The number of halogens is 2. The first kappa shape index (κ1) is 25.9. The molecule has 4 aromatic rings. The molecule has 0 atom stereocenters. The van der Waals surface area contributed by atoms with Crippen molar-refractivity contribution in [2.75, 3.05) is 0 Å². The van der Waals surface area contributed by atoms with Gasteiger partial charge in [-0.15, -0.1) is 0 Å². The van der Waals surface area contributed by atoms with Crippen molar-refractivity contribution in [3.8, 4) is 0 Å². The first-order valence-electron chi connectivity index (χ1n) is 11.7. The quantitative estimate of drug-likeness (QED) is 0.296. The Hall–Kier alpha value is -2.19. The van der Waals surface area contributed by atoms with Crippen LogP contribution in [0.3, 0.4) is 0 Å². The molecule has 0 amide bonds. The van der Waals surface area contributed by atoms with E-state index in [4.69, 9.17) is 0 Å². The number of allylic oxidation sites excluding steroid dienone is 8. The molecule has 0 radical (unpaired) electrons. The summed E-state index contributed by atoms with van der Waals surface area (Å²) in [5.74, 6) is 0. The minimum Gasteiger partial charge on any atom is -1.00 e. The monoisotopic (exact) mass is 660 g/mol. The molecule has 2 aliphatic rings. The van der Waals surface area contributed by atoms with Gasteiger partial charge >= 0.3 is 208 Å². The van der Waals surface area contributed by atoms with E-state index >= 15 is 0 Å². The van der Waals surface area contributed by atoms with Crippen LogP contribution < -0.4 is 24.8 Å². The average molecular weight is 660 g/mol. The van der Waals surface area contributed by atoms with Crippen molar-refractivity contribution in [3.63, 3.8) is 0 Å². The predicted octanol–water partition coefficient (Wildman–Crippen LogP) is 2.91. The zero-order valence-electron chi connectivity index (χ0n) is 19.9. The maximum Gasteiger partial charge on any atom is -1.00 e. The van der Waals surface area contributed by atoms with Gasteiger partial charge in [-0.1, -0.05) is 0 Å². The van der Waals surface area contributed by atoms with E-state index in [9.17, 15) is 0 Å². The van der Waals surface area contributed by atoms with Crippen LogP contribution in [0.4, 0.5) is 0 Å². The molecule has 2 aliphatic carbocycles. The molecule has 3 heteroatoms. The third-order valence-corrected chi connectivity index (χ3v) is 13.3. The molecule has 0 saturated carbocycles. The molecule has 35 heavy (non-hydrogen) atoms. The van der Waals surface area contributed by atoms with Gasteiger partial charge in [-0.3, -0.25) is 0 Å². The van der Waals surface area contributed by atoms with Crippen molar-refractivity contribution in [3.05, 3.63) is 126 Å². The van der Waals surface area contributed by atoms with Gasteiger partial charge in [0, 0.05) is 0 Å². The smallest absolute Gasteiger partial charge is 1.00 e. The maximum atomic E-state index is 2.47. The van der Waals surface area contributed by atoms with Gasteiger partial charge in [-0.25, -0.2) is 0 Å². The molecule has 0 unspecified atom stereocenters. The van der Waals surface area contributed by atoms with E-state index in [-0.39, 0.29) is 24.8 Å². The second-order valence-corrected chi connectivity index (χ2v) is 14.4. The molecule has 0 aromatic heterocycles. The molecule has 0 spiro atoms. The topological polar surface area (TPSA) is 0 Å². The molecule has 172 valence electrons. The minimum absolute atomic E-state index is 0. The van der Waals surface area contributed by atoms with E-state index in [1.807, 2.05) is 0 Å². The number of hydrogen-bond donors (Lipinski definition) is 0. The molecule has 0 saturated heterocycles. The zero-order chi connectivity index (χ0) is 22.4. The minimum atomic E-state index is -1.06. The summed E-state index contributed by atoms with van der Waals surface area (Å²) in [7, 11) is 0. The molecular weight excluding hydrogens is 634 g/mol. The summed E-state index contributed by atoms with van der Waals surface area (Å²) >= 11 is -1.06. The van der Waals surface area contributed by atoms with E-state index in [0.29, 0.717) is 0 Å². The Labute approximate surface area is 231 Å². The van der Waals surface area contributed by atoms with Crippen LogP contribution in [0.15, 0.2) is 115 Å². The van der Waals surface area contributed by atoms with Crippen molar-refractivity contribution in [1.82, 2.24) is 0 Å². The van der Waals surface area contributed by atoms with Gasteiger partial charge in [0.15, 0.2) is 0 Å². The van der Waals surface area contributed by atoms with Gasteiger partial charge in [0.1, 0.15) is 0 Å². The fourth-order valence-corrected chi connectivity index (χ4v) is 10.5. The van der Waals surface area contributed by atoms with E-state index in [0.717, 1.165) is 12.8 Å². The second-order valence-electron chi connectivity index (χ2n) is 9.19. The van der Waals surface area contributed by atoms with Crippen molar-refractivity contribution >= 4 is 32.7 Å². The van der Waals surface area contributed by atoms with Crippen molar-refractivity contribution < 1.29 is 47.7 Å². The van der Waals surface area contributed by atoms with E-state index in [2.05, 4.69) is 111 Å². The summed E-state index contributed by atoms with van der Waals surface area (Å²) in [6.45, 7) is 4.68. The molecular formula is C32H26Cl2Hf. The van der Waals surface area contributed by atoms with E-state index in [1.54, 1.807) is 6.66 Å². The van der Waals surface area contributed by atoms with Crippen LogP contribution in [0.2, 0.25) is 0 Å². The third kappa shape index (κ3) is 4.92. The number of rotatable bonds is 4. The molecule has 0 N–H and O–H groups in total. The van der Waals surface area contributed by atoms with Crippen molar-refractivity contribution in [2.24, 2.45) is 0 Å². The summed E-state index contributed by atoms with van der Waals surface area (Å²) in [6.07, 6.45) is 7.22. The Morgan fingerprint density at radius 2 is 0.914 bits per heavy atom. The van der Waals surface area contributed by atoms with Crippen LogP contribution in [-0.4, -0.2) is 0 Å². The first-order valence-corrected chi connectivity index (χ1v) is 15.3. The first-order chi connectivity index (χ1) is 16.2. The molecule has 0 bridgehead atoms. The summed E-state index contributed by atoms with van der Waals surface area (Å²) in [5, 5.41) is 5.43. The van der Waals surface area contributed by atoms with Crippen LogP contribution in [0, 0.1) is 0 Å². The Morgan fingerprint density at radius 1 is 0.514 bits per heavy atom. The van der Waals surface area contributed by atoms with Crippen LogP contribution in [0.25, 0.3) is 32.7 Å². The Morgan fingerprint density at radius 3 is 1.37 bits per heavy atom. The number of benzene rings is 4. The number of hydrogen-bond acceptors (Lipinski definition) is 0. The summed E-state index contributed by atoms with van der Waals surface area (Å²) in [6, 6.07) is 31.0. The molecule has 0 fully saturated rings. The molecule has 6 rings (SSSR count). The van der Waals surface area contributed by atoms with E-state index in [1.165, 1.54) is 55.0 Å². The van der Waals surface area contributed by atoms with Crippen LogP contribution in [0.5, 0.6) is 0 Å². The fourth-order valence-electron chi connectivity index (χ4n) is 5.28. The summed E-state index contributed by atoms with van der Waals surface area (Å²) in [4.78, 5) is 0. The van der Waals surface area contributed by atoms with Gasteiger partial charge < -0.3 is 24.8 Å². The third-order valence-electron chi connectivity index (χ3n) is 7.04. The van der Waals surface area contributed by atoms with Gasteiger partial charge in [0.05, 0.1) is 0 Å². The molecule has 0 aliphatic heterocycles. The van der Waals surface area contributed by atoms with Gasteiger partial charge in [0.2, 0.25) is 0 Å². The van der Waals surface area contributed by atoms with Crippen molar-refractivity contribution in [1.29, 1.82) is 0 Å². The summed E-state index contributed by atoms with van der Waals surface area (Å²) in [5.41, 5.74) is 8.89. The van der Waals surface area contributed by atoms with Gasteiger partial charge in [-0.05, 0) is 0 Å². The fraction of sp³-hybridized carbons (Fsp3) is 0.125. The SMILES string of the molecule is CC1=[C]([Hf+2][C]2=C(C)C=C(c3cccc4ccccc34)C2)CC(c2cccc3ccccc23)=C1.[Cl-].[Cl-]. The Balaban J connectivity index is 0.00000144. The zero-order valence-corrected chi connectivity index (χ0v) is 25.0. The Bertz CT molecular complexity index is 1420. The second kappa shape index (κ2) is 10.8. The van der Waals surface area contributed by atoms with Crippen LogP contribution in [-0.2, 0) is 22.9 Å². The predicted molar refractivity (Wildman–Crippen MR) is 138 cm³/mol. The maximum absolute atomic E-state index is 2.47. The van der Waals surface area contributed by atoms with E-state index < -0.39 is 22.9 Å². The molecule has 0 heterocycles. The Kier molecular flexibility index (Phi) is 8.01. The number of fused-ring (bicyclic) bond motifs is 2. The van der Waals surface area contributed by atoms with Crippen LogP contribution in [0.1, 0.15) is 37.8 Å². The molecule has 4 aromatic carbocycles. The average Bonchev–Trinajstić information content (AvgIpc) is 3.40.